The van der Waals surface area contributed by atoms with Crippen molar-refractivity contribution in [3.8, 4) is 33.8 Å². The van der Waals surface area contributed by atoms with Gasteiger partial charge in [-0.05, 0) is 51.9 Å². The van der Waals surface area contributed by atoms with Gasteiger partial charge in [-0.2, -0.15) is 0 Å². The van der Waals surface area contributed by atoms with Crippen LogP contribution in [0.5, 0.6) is 0 Å². The van der Waals surface area contributed by atoms with E-state index in [1.807, 2.05) is 24.4 Å². The SMILES string of the molecule is c1ccc2cc(-c3nc(-c4ccc5c(c4)oc4ccccc45)cn4c(-c5ccc6ccccc6c5)cnc34)ccc2c1. The fourth-order valence-electron chi connectivity index (χ4n) is 6.11. The number of rotatable bonds is 3. The van der Waals surface area contributed by atoms with Crippen LogP contribution in [-0.2, 0) is 0 Å². The van der Waals surface area contributed by atoms with Gasteiger partial charge in [-0.1, -0.05) is 97.1 Å². The van der Waals surface area contributed by atoms with Crippen LogP contribution in [0.3, 0.4) is 0 Å². The van der Waals surface area contributed by atoms with Gasteiger partial charge in [0.05, 0.1) is 17.6 Å². The molecule has 0 bridgehead atoms. The topological polar surface area (TPSA) is 43.3 Å². The summed E-state index contributed by atoms with van der Waals surface area (Å²) in [7, 11) is 0. The molecule has 0 radical (unpaired) electrons. The Hall–Kier alpha value is -5.74. The Labute approximate surface area is 241 Å². The molecule has 0 aliphatic carbocycles. The van der Waals surface area contributed by atoms with E-state index in [1.165, 1.54) is 21.5 Å². The molecule has 42 heavy (non-hydrogen) atoms. The van der Waals surface area contributed by atoms with Gasteiger partial charge in [0.25, 0.3) is 0 Å². The summed E-state index contributed by atoms with van der Waals surface area (Å²) in [5.74, 6) is 0. The highest BCUT2D eigenvalue weighted by Gasteiger charge is 2.17. The molecule has 0 saturated heterocycles. The van der Waals surface area contributed by atoms with Crippen LogP contribution in [-0.4, -0.2) is 14.4 Å². The van der Waals surface area contributed by atoms with Crippen LogP contribution in [0.4, 0.5) is 0 Å². The summed E-state index contributed by atoms with van der Waals surface area (Å²) in [6, 6.07) is 44.5. The molecule has 3 heterocycles. The number of furan rings is 1. The van der Waals surface area contributed by atoms with Gasteiger partial charge < -0.3 is 4.42 Å². The van der Waals surface area contributed by atoms with Crippen LogP contribution in [0.2, 0.25) is 0 Å². The van der Waals surface area contributed by atoms with Crippen molar-refractivity contribution in [1.82, 2.24) is 14.4 Å². The normalized spacial score (nSPS) is 11.8. The van der Waals surface area contributed by atoms with Crippen molar-refractivity contribution in [2.45, 2.75) is 0 Å². The molecule has 0 spiro atoms. The minimum absolute atomic E-state index is 0.821. The summed E-state index contributed by atoms with van der Waals surface area (Å²) in [6.07, 6.45) is 4.05. The highest BCUT2D eigenvalue weighted by molar-refractivity contribution is 6.05. The highest BCUT2D eigenvalue weighted by Crippen LogP contribution is 2.35. The number of hydrogen-bond donors (Lipinski definition) is 0. The predicted octanol–water partition coefficient (Wildman–Crippen LogP) is 9.94. The van der Waals surface area contributed by atoms with Crippen molar-refractivity contribution in [2.75, 3.05) is 0 Å². The zero-order valence-corrected chi connectivity index (χ0v) is 22.5. The molecular weight excluding hydrogens is 514 g/mol. The van der Waals surface area contributed by atoms with Crippen molar-refractivity contribution < 1.29 is 4.42 Å². The summed E-state index contributed by atoms with van der Waals surface area (Å²) in [6.45, 7) is 0. The fourth-order valence-corrected chi connectivity index (χ4v) is 6.11. The van der Waals surface area contributed by atoms with Crippen molar-refractivity contribution in [3.05, 3.63) is 140 Å². The van der Waals surface area contributed by atoms with Crippen molar-refractivity contribution in [1.29, 1.82) is 0 Å². The molecule has 0 atom stereocenters. The number of benzene rings is 6. The zero-order valence-electron chi connectivity index (χ0n) is 22.5. The van der Waals surface area contributed by atoms with E-state index in [0.717, 1.165) is 61.4 Å². The Morgan fingerprint density at radius 3 is 1.98 bits per heavy atom. The van der Waals surface area contributed by atoms with Gasteiger partial charge >= 0.3 is 0 Å². The maximum absolute atomic E-state index is 6.24. The van der Waals surface area contributed by atoms with Crippen molar-refractivity contribution in [3.63, 3.8) is 0 Å². The Morgan fingerprint density at radius 2 is 1.17 bits per heavy atom. The lowest BCUT2D eigenvalue weighted by atomic mass is 10.0. The van der Waals surface area contributed by atoms with Crippen molar-refractivity contribution >= 4 is 49.1 Å². The minimum Gasteiger partial charge on any atom is -0.456 e. The van der Waals surface area contributed by atoms with Crippen LogP contribution in [0.1, 0.15) is 0 Å². The molecule has 0 unspecified atom stereocenters. The summed E-state index contributed by atoms with van der Waals surface area (Å²) in [4.78, 5) is 10.2. The average molecular weight is 538 g/mol. The van der Waals surface area contributed by atoms with E-state index in [1.54, 1.807) is 0 Å². The smallest absolute Gasteiger partial charge is 0.164 e. The number of nitrogens with zero attached hydrogens (tertiary/aromatic N) is 3. The first-order chi connectivity index (χ1) is 20.8. The second-order valence-corrected chi connectivity index (χ2v) is 10.7. The van der Waals surface area contributed by atoms with E-state index < -0.39 is 0 Å². The van der Waals surface area contributed by atoms with Crippen LogP contribution >= 0.6 is 0 Å². The first-order valence-electron chi connectivity index (χ1n) is 14.1. The number of para-hydroxylation sites is 1. The van der Waals surface area contributed by atoms with E-state index in [9.17, 15) is 0 Å². The van der Waals surface area contributed by atoms with Gasteiger partial charge in [0, 0.05) is 33.7 Å². The molecule has 196 valence electrons. The molecule has 3 aromatic heterocycles. The van der Waals surface area contributed by atoms with Crippen molar-refractivity contribution in [2.24, 2.45) is 0 Å². The number of hydrogen-bond acceptors (Lipinski definition) is 3. The van der Waals surface area contributed by atoms with Gasteiger partial charge in [-0.3, -0.25) is 4.40 Å². The average Bonchev–Trinajstić information content (AvgIpc) is 3.65. The van der Waals surface area contributed by atoms with E-state index >= 15 is 0 Å². The second-order valence-electron chi connectivity index (χ2n) is 10.7. The van der Waals surface area contributed by atoms with E-state index in [0.29, 0.717) is 0 Å². The molecule has 0 N–H and O–H groups in total. The lowest BCUT2D eigenvalue weighted by Gasteiger charge is -2.11. The van der Waals surface area contributed by atoms with Crippen LogP contribution in [0.15, 0.2) is 144 Å². The van der Waals surface area contributed by atoms with E-state index in [2.05, 4.69) is 120 Å². The van der Waals surface area contributed by atoms with Gasteiger partial charge in [-0.25, -0.2) is 9.97 Å². The second kappa shape index (κ2) is 8.88. The largest absolute Gasteiger partial charge is 0.456 e. The number of fused-ring (bicyclic) bond motifs is 6. The van der Waals surface area contributed by atoms with Crippen LogP contribution < -0.4 is 0 Å². The molecule has 0 aliphatic rings. The van der Waals surface area contributed by atoms with E-state index in [-0.39, 0.29) is 0 Å². The predicted molar refractivity (Wildman–Crippen MR) is 172 cm³/mol. The summed E-state index contributed by atoms with van der Waals surface area (Å²) in [5, 5.41) is 7.00. The lowest BCUT2D eigenvalue weighted by Crippen LogP contribution is -1.98. The standard InChI is InChI=1S/C38H23N3O/c1-3-9-26-19-29(15-13-24(26)7-1)34-22-39-38-37(30-16-14-25-8-2-4-10-27(25)20-30)40-33(23-41(34)38)28-17-18-32-31-11-5-6-12-35(31)42-36(32)21-28/h1-23H. The molecule has 9 rings (SSSR count). The minimum atomic E-state index is 0.821. The number of aromatic nitrogens is 3. The highest BCUT2D eigenvalue weighted by atomic mass is 16.3. The Balaban J connectivity index is 1.30. The molecule has 6 aromatic carbocycles. The van der Waals surface area contributed by atoms with Gasteiger partial charge in [0.2, 0.25) is 0 Å². The quantitative estimate of drug-likeness (QED) is 0.225. The molecule has 4 heteroatoms. The molecular formula is C38H23N3O. The fraction of sp³-hybridized carbons (Fsp3) is 0. The molecule has 9 aromatic rings. The van der Waals surface area contributed by atoms with Gasteiger partial charge in [-0.15, -0.1) is 0 Å². The monoisotopic (exact) mass is 537 g/mol. The third kappa shape index (κ3) is 3.55. The third-order valence-corrected chi connectivity index (χ3v) is 8.23. The molecule has 0 saturated carbocycles. The molecule has 4 nitrogen and oxygen atoms in total. The zero-order chi connectivity index (χ0) is 27.6. The first-order valence-corrected chi connectivity index (χ1v) is 14.1. The van der Waals surface area contributed by atoms with Gasteiger partial charge in [0.15, 0.2) is 5.65 Å². The Kier molecular flexibility index (Phi) is 4.87. The summed E-state index contributed by atoms with van der Waals surface area (Å²) >= 11 is 0. The third-order valence-electron chi connectivity index (χ3n) is 8.23. The Bertz CT molecular complexity index is 2480. The molecule has 0 fully saturated rings. The maximum Gasteiger partial charge on any atom is 0.164 e. The summed E-state index contributed by atoms with van der Waals surface area (Å²) < 4.78 is 8.42. The Morgan fingerprint density at radius 1 is 0.524 bits per heavy atom. The van der Waals surface area contributed by atoms with Crippen LogP contribution in [0, 0.1) is 0 Å². The van der Waals surface area contributed by atoms with E-state index in [4.69, 9.17) is 14.4 Å². The lowest BCUT2D eigenvalue weighted by molar-refractivity contribution is 0.669. The first kappa shape index (κ1) is 23.0. The molecule has 0 aliphatic heterocycles. The number of imidazole rings is 1. The summed E-state index contributed by atoms with van der Waals surface area (Å²) in [5.41, 5.74) is 8.40. The maximum atomic E-state index is 6.24. The van der Waals surface area contributed by atoms with Gasteiger partial charge in [0.1, 0.15) is 16.9 Å². The molecule has 0 amide bonds. The van der Waals surface area contributed by atoms with Crippen LogP contribution in [0.25, 0.3) is 82.9 Å².